The van der Waals surface area contributed by atoms with Crippen LogP contribution in [0.25, 0.3) is 21.5 Å². The zero-order chi connectivity index (χ0) is 16.9. The molecule has 3 rings (SSSR count). The molecule has 2 heterocycles. The number of amides is 1. The molecular formula is C16H16N4O3S. The first-order chi connectivity index (χ1) is 11.7. The lowest BCUT2D eigenvalue weighted by molar-refractivity contribution is -0.114. The van der Waals surface area contributed by atoms with Crippen molar-refractivity contribution in [2.45, 2.75) is 13.3 Å². The average molecular weight is 344 g/mol. The smallest absolute Gasteiger partial charge is 0.316 e. The van der Waals surface area contributed by atoms with Crippen LogP contribution in [0, 0.1) is 0 Å². The lowest BCUT2D eigenvalue weighted by Crippen LogP contribution is -2.04. The number of carbonyl (C=O) groups is 1. The summed E-state index contributed by atoms with van der Waals surface area (Å²) in [5.74, 6) is -0.144. The summed E-state index contributed by atoms with van der Waals surface area (Å²) in [7, 11) is 0. The normalized spacial score (nSPS) is 10.8. The predicted octanol–water partition coefficient (Wildman–Crippen LogP) is 2.47. The van der Waals surface area contributed by atoms with Crippen LogP contribution in [0.4, 0.5) is 5.13 Å². The van der Waals surface area contributed by atoms with E-state index < -0.39 is 0 Å². The van der Waals surface area contributed by atoms with Gasteiger partial charge in [-0.1, -0.05) is 17.4 Å². The van der Waals surface area contributed by atoms with Gasteiger partial charge in [0.2, 0.25) is 5.91 Å². The number of thiazole rings is 1. The first-order valence-corrected chi connectivity index (χ1v) is 8.22. The van der Waals surface area contributed by atoms with Crippen molar-refractivity contribution < 1.29 is 14.6 Å². The zero-order valence-corrected chi connectivity index (χ0v) is 13.8. The van der Waals surface area contributed by atoms with E-state index in [1.807, 2.05) is 18.2 Å². The minimum Gasteiger partial charge on any atom is -0.463 e. The largest absolute Gasteiger partial charge is 0.463 e. The van der Waals surface area contributed by atoms with Crippen molar-refractivity contribution in [3.8, 4) is 17.3 Å². The zero-order valence-electron chi connectivity index (χ0n) is 13.0. The topological polar surface area (TPSA) is 97.2 Å². The molecule has 0 bridgehead atoms. The Hall–Kier alpha value is -2.58. The lowest BCUT2D eigenvalue weighted by atomic mass is 10.1. The number of nitrogens with zero attached hydrogens (tertiary/aromatic N) is 3. The first-order valence-electron chi connectivity index (χ1n) is 7.41. The highest BCUT2D eigenvalue weighted by Gasteiger charge is 2.08. The minimum absolute atomic E-state index is 0.0678. The number of nitrogens with one attached hydrogen (secondary N) is 1. The lowest BCUT2D eigenvalue weighted by Gasteiger charge is -2.05. The van der Waals surface area contributed by atoms with Crippen molar-refractivity contribution >= 4 is 32.6 Å². The fourth-order valence-electron chi connectivity index (χ4n) is 2.09. The van der Waals surface area contributed by atoms with Crippen molar-refractivity contribution in [1.29, 1.82) is 0 Å². The maximum absolute atomic E-state index is 11.1. The molecule has 0 atom stereocenters. The molecule has 24 heavy (non-hydrogen) atoms. The fourth-order valence-corrected chi connectivity index (χ4v) is 3.04. The highest BCUT2D eigenvalue weighted by molar-refractivity contribution is 7.22. The Morgan fingerprint density at radius 2 is 2.21 bits per heavy atom. The van der Waals surface area contributed by atoms with Crippen molar-refractivity contribution in [1.82, 2.24) is 15.0 Å². The summed E-state index contributed by atoms with van der Waals surface area (Å²) in [6.07, 6.45) is 2.17. The monoisotopic (exact) mass is 344 g/mol. The van der Waals surface area contributed by atoms with Crippen LogP contribution >= 0.6 is 11.3 Å². The standard InChI is InChI=1S/C16H16N4O3S/c1-10(22)18-16-20-13-4-3-11(9-14(13)24-16)12-5-6-17-15(19-12)23-8-2-7-21/h3-6,9,21H,2,7-8H2,1H3,(H,18,20,22). The summed E-state index contributed by atoms with van der Waals surface area (Å²) >= 11 is 1.41. The van der Waals surface area contributed by atoms with E-state index in [2.05, 4.69) is 20.3 Å². The van der Waals surface area contributed by atoms with Crippen molar-refractivity contribution in [2.75, 3.05) is 18.5 Å². The second-order valence-corrected chi connectivity index (χ2v) is 6.06. The Bertz CT molecular complexity index is 865. The van der Waals surface area contributed by atoms with E-state index in [1.165, 1.54) is 18.3 Å². The SMILES string of the molecule is CC(=O)Nc1nc2ccc(-c3ccnc(OCCCO)n3)cc2s1. The number of anilines is 1. The van der Waals surface area contributed by atoms with Gasteiger partial charge in [-0.25, -0.2) is 9.97 Å². The van der Waals surface area contributed by atoms with Crippen molar-refractivity contribution in [3.63, 3.8) is 0 Å². The second kappa shape index (κ2) is 7.33. The molecule has 0 spiro atoms. The molecule has 0 saturated heterocycles. The summed E-state index contributed by atoms with van der Waals surface area (Å²) in [6, 6.07) is 7.86. The van der Waals surface area contributed by atoms with Gasteiger partial charge < -0.3 is 15.2 Å². The molecule has 0 unspecified atom stereocenters. The van der Waals surface area contributed by atoms with Gasteiger partial charge in [-0.15, -0.1) is 0 Å². The Kier molecular flexibility index (Phi) is 4.97. The van der Waals surface area contributed by atoms with Gasteiger partial charge in [0, 0.05) is 31.7 Å². The molecule has 0 aliphatic rings. The number of aromatic nitrogens is 3. The fraction of sp³-hybridized carbons (Fsp3) is 0.250. The molecule has 1 aromatic carbocycles. The number of benzene rings is 1. The number of hydrogen-bond donors (Lipinski definition) is 2. The molecule has 7 nitrogen and oxygen atoms in total. The third kappa shape index (κ3) is 3.84. The van der Waals surface area contributed by atoms with Gasteiger partial charge in [-0.2, -0.15) is 4.98 Å². The van der Waals surface area contributed by atoms with Gasteiger partial charge in [0.1, 0.15) is 0 Å². The van der Waals surface area contributed by atoms with Gasteiger partial charge in [0.25, 0.3) is 0 Å². The maximum atomic E-state index is 11.1. The third-order valence-corrected chi connectivity index (χ3v) is 4.07. The Morgan fingerprint density at radius 1 is 1.33 bits per heavy atom. The Morgan fingerprint density at radius 3 is 3.00 bits per heavy atom. The molecule has 3 aromatic rings. The molecule has 124 valence electrons. The van der Waals surface area contributed by atoms with Crippen LogP contribution in [0.3, 0.4) is 0 Å². The van der Waals surface area contributed by atoms with Crippen LogP contribution in [0.15, 0.2) is 30.5 Å². The second-order valence-electron chi connectivity index (χ2n) is 5.03. The average Bonchev–Trinajstić information content (AvgIpc) is 2.96. The van der Waals surface area contributed by atoms with Crippen molar-refractivity contribution in [2.24, 2.45) is 0 Å². The molecule has 0 aliphatic carbocycles. The maximum Gasteiger partial charge on any atom is 0.316 e. The van der Waals surface area contributed by atoms with Crippen LogP contribution in [-0.2, 0) is 4.79 Å². The number of ether oxygens (including phenoxy) is 1. The number of rotatable bonds is 6. The van der Waals surface area contributed by atoms with Crippen LogP contribution in [-0.4, -0.2) is 39.2 Å². The Balaban J connectivity index is 1.86. The predicted molar refractivity (Wildman–Crippen MR) is 92.1 cm³/mol. The van der Waals surface area contributed by atoms with Crippen LogP contribution < -0.4 is 10.1 Å². The first kappa shape index (κ1) is 16.3. The number of aliphatic hydroxyl groups excluding tert-OH is 1. The molecule has 8 heteroatoms. The highest BCUT2D eigenvalue weighted by atomic mass is 32.1. The number of hydrogen-bond acceptors (Lipinski definition) is 7. The molecule has 0 aliphatic heterocycles. The van der Waals surface area contributed by atoms with Crippen LogP contribution in [0.1, 0.15) is 13.3 Å². The minimum atomic E-state index is -0.144. The summed E-state index contributed by atoms with van der Waals surface area (Å²) in [6.45, 7) is 1.89. The molecule has 2 aromatic heterocycles. The van der Waals surface area contributed by atoms with Gasteiger partial charge in [0.15, 0.2) is 5.13 Å². The van der Waals surface area contributed by atoms with E-state index in [4.69, 9.17) is 9.84 Å². The van der Waals surface area contributed by atoms with E-state index in [0.717, 1.165) is 21.5 Å². The van der Waals surface area contributed by atoms with E-state index in [9.17, 15) is 4.79 Å². The van der Waals surface area contributed by atoms with Gasteiger partial charge >= 0.3 is 6.01 Å². The molecular weight excluding hydrogens is 328 g/mol. The van der Waals surface area contributed by atoms with Crippen molar-refractivity contribution in [3.05, 3.63) is 30.5 Å². The summed E-state index contributed by atoms with van der Waals surface area (Å²) in [5, 5.41) is 12.1. The van der Waals surface area contributed by atoms with Gasteiger partial charge in [0.05, 0.1) is 22.5 Å². The van der Waals surface area contributed by atoms with Crippen LogP contribution in [0.2, 0.25) is 0 Å². The summed E-state index contributed by atoms with van der Waals surface area (Å²) in [5.41, 5.74) is 2.47. The summed E-state index contributed by atoms with van der Waals surface area (Å²) in [4.78, 5) is 23.9. The number of carbonyl (C=O) groups excluding carboxylic acids is 1. The molecule has 0 radical (unpaired) electrons. The molecule has 1 amide bonds. The van der Waals surface area contributed by atoms with Crippen LogP contribution in [0.5, 0.6) is 6.01 Å². The van der Waals surface area contributed by atoms with E-state index >= 15 is 0 Å². The highest BCUT2D eigenvalue weighted by Crippen LogP contribution is 2.30. The third-order valence-electron chi connectivity index (χ3n) is 3.13. The quantitative estimate of drug-likeness (QED) is 0.667. The number of fused-ring (bicyclic) bond motifs is 1. The Labute approximate surface area is 142 Å². The molecule has 0 saturated carbocycles. The molecule has 2 N–H and O–H groups in total. The number of aliphatic hydroxyl groups is 1. The van der Waals surface area contributed by atoms with E-state index in [1.54, 1.807) is 12.3 Å². The van der Waals surface area contributed by atoms with Gasteiger partial charge in [-0.3, -0.25) is 4.79 Å². The van der Waals surface area contributed by atoms with Gasteiger partial charge in [-0.05, 0) is 18.2 Å². The summed E-state index contributed by atoms with van der Waals surface area (Å²) < 4.78 is 6.36. The van der Waals surface area contributed by atoms with E-state index in [-0.39, 0.29) is 18.5 Å². The van der Waals surface area contributed by atoms with E-state index in [0.29, 0.717) is 18.2 Å². The molecule has 0 fully saturated rings.